The normalized spacial score (nSPS) is 14.6. The lowest BCUT2D eigenvalue weighted by Gasteiger charge is -2.35. The summed E-state index contributed by atoms with van der Waals surface area (Å²) in [4.78, 5) is 28.0. The number of methoxy groups -OCH3 is 1. The Balaban J connectivity index is 1.65. The number of carbonyl (C=O) groups is 1. The van der Waals surface area contributed by atoms with Crippen molar-refractivity contribution in [3.05, 3.63) is 70.3 Å². The van der Waals surface area contributed by atoms with Crippen LogP contribution in [0.2, 0.25) is 0 Å². The molecule has 1 amide bonds. The summed E-state index contributed by atoms with van der Waals surface area (Å²) in [6, 6.07) is 16.7. The quantitative estimate of drug-likeness (QED) is 0.503. The Morgan fingerprint density at radius 3 is 2.45 bits per heavy atom. The Morgan fingerprint density at radius 2 is 1.79 bits per heavy atom. The van der Waals surface area contributed by atoms with Gasteiger partial charge in [-0.15, -0.1) is 0 Å². The molecule has 3 rings (SSSR count). The lowest BCUT2D eigenvalue weighted by atomic mass is 9.94. The number of piperidine rings is 1. The Labute approximate surface area is 171 Å². The van der Waals surface area contributed by atoms with Crippen molar-refractivity contribution in [3.8, 4) is 0 Å². The molecule has 1 saturated heterocycles. The first kappa shape index (κ1) is 20.8. The molecule has 0 saturated carbocycles. The molecule has 0 aliphatic carbocycles. The zero-order valence-electron chi connectivity index (χ0n) is 16.7. The lowest BCUT2D eigenvalue weighted by molar-refractivity contribution is -0.384. The van der Waals surface area contributed by atoms with Crippen LogP contribution in [-0.4, -0.2) is 49.1 Å². The van der Waals surface area contributed by atoms with Gasteiger partial charge < -0.3 is 14.5 Å². The number of rotatable bonds is 8. The number of amides is 1. The minimum absolute atomic E-state index is 0.0745. The molecule has 7 heteroatoms. The molecule has 1 aliphatic rings. The maximum atomic E-state index is 13.2. The number of nitro groups is 1. The molecule has 154 valence electrons. The van der Waals surface area contributed by atoms with Crippen molar-refractivity contribution < 1.29 is 14.5 Å². The standard InChI is InChI=1S/C22H27N3O4/c1-29-16-15-24(17-18-7-3-2-4-8-18)22(26)19-11-13-23(14-12-19)20-9-5-6-10-21(20)25(27)28/h2-10,19H,11-17H2,1H3. The van der Waals surface area contributed by atoms with Crippen LogP contribution >= 0.6 is 0 Å². The number of ether oxygens (including phenoxy) is 1. The van der Waals surface area contributed by atoms with Gasteiger partial charge >= 0.3 is 0 Å². The molecule has 0 N–H and O–H groups in total. The first-order valence-corrected chi connectivity index (χ1v) is 9.90. The molecular formula is C22H27N3O4. The second-order valence-electron chi connectivity index (χ2n) is 7.25. The monoisotopic (exact) mass is 397 g/mol. The van der Waals surface area contributed by atoms with E-state index in [1.807, 2.05) is 46.2 Å². The van der Waals surface area contributed by atoms with Gasteiger partial charge in [0.25, 0.3) is 5.69 Å². The highest BCUT2D eigenvalue weighted by molar-refractivity contribution is 5.79. The van der Waals surface area contributed by atoms with Gasteiger partial charge in [-0.3, -0.25) is 14.9 Å². The summed E-state index contributed by atoms with van der Waals surface area (Å²) < 4.78 is 5.19. The van der Waals surface area contributed by atoms with Crippen LogP contribution < -0.4 is 4.90 Å². The van der Waals surface area contributed by atoms with E-state index < -0.39 is 0 Å². The van der Waals surface area contributed by atoms with Crippen molar-refractivity contribution in [2.45, 2.75) is 19.4 Å². The highest BCUT2D eigenvalue weighted by Gasteiger charge is 2.30. The number of para-hydroxylation sites is 2. The van der Waals surface area contributed by atoms with E-state index in [1.165, 1.54) is 6.07 Å². The maximum absolute atomic E-state index is 13.2. The molecule has 0 spiro atoms. The number of anilines is 1. The topological polar surface area (TPSA) is 75.9 Å². The summed E-state index contributed by atoms with van der Waals surface area (Å²) in [5.41, 5.74) is 1.83. The fraction of sp³-hybridized carbons (Fsp3) is 0.409. The Bertz CT molecular complexity index is 820. The molecule has 1 fully saturated rings. The molecule has 2 aromatic rings. The van der Waals surface area contributed by atoms with E-state index in [-0.39, 0.29) is 22.4 Å². The third kappa shape index (κ3) is 5.32. The fourth-order valence-corrected chi connectivity index (χ4v) is 3.78. The van der Waals surface area contributed by atoms with Gasteiger partial charge in [0, 0.05) is 45.3 Å². The predicted molar refractivity (Wildman–Crippen MR) is 112 cm³/mol. The summed E-state index contributed by atoms with van der Waals surface area (Å²) in [5.74, 6) is 0.0581. The van der Waals surface area contributed by atoms with Crippen LogP contribution in [-0.2, 0) is 16.1 Å². The first-order chi connectivity index (χ1) is 14.1. The van der Waals surface area contributed by atoms with E-state index in [0.717, 1.165) is 5.56 Å². The fourth-order valence-electron chi connectivity index (χ4n) is 3.78. The van der Waals surface area contributed by atoms with Crippen LogP contribution in [0.25, 0.3) is 0 Å². The Hall–Kier alpha value is -2.93. The van der Waals surface area contributed by atoms with E-state index >= 15 is 0 Å². The molecule has 2 aromatic carbocycles. The lowest BCUT2D eigenvalue weighted by Crippen LogP contribution is -2.43. The highest BCUT2D eigenvalue weighted by Crippen LogP contribution is 2.31. The number of nitrogens with zero attached hydrogens (tertiary/aromatic N) is 3. The second-order valence-corrected chi connectivity index (χ2v) is 7.25. The van der Waals surface area contributed by atoms with Gasteiger partial charge in [-0.25, -0.2) is 0 Å². The van der Waals surface area contributed by atoms with Crippen LogP contribution in [0.15, 0.2) is 54.6 Å². The number of hydrogen-bond donors (Lipinski definition) is 0. The minimum Gasteiger partial charge on any atom is -0.383 e. The van der Waals surface area contributed by atoms with Crippen molar-refractivity contribution in [1.29, 1.82) is 0 Å². The summed E-state index contributed by atoms with van der Waals surface area (Å²) in [7, 11) is 1.64. The number of carbonyl (C=O) groups excluding carboxylic acids is 1. The number of nitro benzene ring substituents is 1. The molecule has 0 atom stereocenters. The smallest absolute Gasteiger partial charge is 0.292 e. The SMILES string of the molecule is COCCN(Cc1ccccc1)C(=O)C1CCN(c2ccccc2[N+](=O)[O-])CC1. The van der Waals surface area contributed by atoms with Crippen molar-refractivity contribution in [3.63, 3.8) is 0 Å². The van der Waals surface area contributed by atoms with Gasteiger partial charge in [0.1, 0.15) is 5.69 Å². The van der Waals surface area contributed by atoms with Crippen molar-refractivity contribution in [2.24, 2.45) is 5.92 Å². The van der Waals surface area contributed by atoms with Gasteiger partial charge in [0.15, 0.2) is 0 Å². The molecule has 29 heavy (non-hydrogen) atoms. The van der Waals surface area contributed by atoms with Crippen LogP contribution in [0.5, 0.6) is 0 Å². The van der Waals surface area contributed by atoms with Crippen LogP contribution in [0.3, 0.4) is 0 Å². The van der Waals surface area contributed by atoms with E-state index in [9.17, 15) is 14.9 Å². The molecule has 1 aliphatic heterocycles. The van der Waals surface area contributed by atoms with Crippen molar-refractivity contribution in [2.75, 3.05) is 38.3 Å². The molecule has 0 bridgehead atoms. The number of hydrogen-bond acceptors (Lipinski definition) is 5. The van der Waals surface area contributed by atoms with Gasteiger partial charge in [-0.1, -0.05) is 42.5 Å². The van der Waals surface area contributed by atoms with E-state index in [1.54, 1.807) is 19.2 Å². The molecule has 0 unspecified atom stereocenters. The number of benzene rings is 2. The first-order valence-electron chi connectivity index (χ1n) is 9.90. The predicted octanol–water partition coefficient (Wildman–Crippen LogP) is 3.49. The largest absolute Gasteiger partial charge is 0.383 e. The van der Waals surface area contributed by atoms with Crippen LogP contribution in [0, 0.1) is 16.0 Å². The van der Waals surface area contributed by atoms with Gasteiger partial charge in [0.05, 0.1) is 11.5 Å². The zero-order chi connectivity index (χ0) is 20.6. The van der Waals surface area contributed by atoms with E-state index in [0.29, 0.717) is 51.3 Å². The Kier molecular flexibility index (Phi) is 7.19. The maximum Gasteiger partial charge on any atom is 0.292 e. The summed E-state index contributed by atoms with van der Waals surface area (Å²) in [6.07, 6.45) is 1.37. The average molecular weight is 397 g/mol. The van der Waals surface area contributed by atoms with Gasteiger partial charge in [0.2, 0.25) is 5.91 Å². The molecule has 1 heterocycles. The van der Waals surface area contributed by atoms with E-state index in [4.69, 9.17) is 4.74 Å². The molecule has 7 nitrogen and oxygen atoms in total. The van der Waals surface area contributed by atoms with Crippen molar-refractivity contribution in [1.82, 2.24) is 4.90 Å². The summed E-state index contributed by atoms with van der Waals surface area (Å²) >= 11 is 0. The van der Waals surface area contributed by atoms with Crippen LogP contribution in [0.1, 0.15) is 18.4 Å². The van der Waals surface area contributed by atoms with Gasteiger partial charge in [-0.05, 0) is 24.5 Å². The average Bonchev–Trinajstić information content (AvgIpc) is 2.77. The minimum atomic E-state index is -0.348. The molecule has 0 aromatic heterocycles. The summed E-state index contributed by atoms with van der Waals surface area (Å²) in [6.45, 7) is 2.87. The van der Waals surface area contributed by atoms with Crippen molar-refractivity contribution >= 4 is 17.3 Å². The summed E-state index contributed by atoms with van der Waals surface area (Å²) in [5, 5.41) is 11.3. The zero-order valence-corrected chi connectivity index (χ0v) is 16.7. The van der Waals surface area contributed by atoms with Crippen LogP contribution in [0.4, 0.5) is 11.4 Å². The second kappa shape index (κ2) is 10.0. The third-order valence-corrected chi connectivity index (χ3v) is 5.36. The highest BCUT2D eigenvalue weighted by atomic mass is 16.6. The Morgan fingerprint density at radius 1 is 1.14 bits per heavy atom. The third-order valence-electron chi connectivity index (χ3n) is 5.36. The van der Waals surface area contributed by atoms with Gasteiger partial charge in [-0.2, -0.15) is 0 Å². The molecule has 0 radical (unpaired) electrons. The molecular weight excluding hydrogens is 370 g/mol. The van der Waals surface area contributed by atoms with E-state index in [2.05, 4.69) is 0 Å².